The van der Waals surface area contributed by atoms with Gasteiger partial charge in [0.2, 0.25) is 0 Å². The highest BCUT2D eigenvalue weighted by molar-refractivity contribution is 7.18. The monoisotopic (exact) mass is 379 g/mol. The average molecular weight is 380 g/mol. The summed E-state index contributed by atoms with van der Waals surface area (Å²) in [5.41, 5.74) is 15.7. The molecule has 0 spiro atoms. The zero-order valence-corrected chi connectivity index (χ0v) is 16.3. The van der Waals surface area contributed by atoms with Gasteiger partial charge in [0.1, 0.15) is 5.01 Å². The Balaban J connectivity index is 1.77. The van der Waals surface area contributed by atoms with Crippen LogP contribution in [0.1, 0.15) is 11.1 Å². The van der Waals surface area contributed by atoms with E-state index in [1.54, 1.807) is 11.3 Å². The summed E-state index contributed by atoms with van der Waals surface area (Å²) >= 11 is 1.71. The van der Waals surface area contributed by atoms with E-state index in [0.717, 1.165) is 30.0 Å². The Morgan fingerprint density at radius 1 is 1.04 bits per heavy atom. The lowest BCUT2D eigenvalue weighted by molar-refractivity contribution is 0.792. The van der Waals surface area contributed by atoms with Crippen LogP contribution in [0.2, 0.25) is 0 Å². The third-order valence-electron chi connectivity index (χ3n) is 4.25. The lowest BCUT2D eigenvalue weighted by Gasteiger charge is -2.03. The molecule has 3 rings (SSSR count). The van der Waals surface area contributed by atoms with Gasteiger partial charge in [-0.15, -0.1) is 11.3 Å². The minimum absolute atomic E-state index is 0.132. The summed E-state index contributed by atoms with van der Waals surface area (Å²) in [5, 5.41) is 4.22. The molecule has 0 fully saturated rings. The Kier molecular flexibility index (Phi) is 6.57. The molecule has 0 atom stereocenters. The molecule has 27 heavy (non-hydrogen) atoms. The Bertz CT molecular complexity index is 912. The first-order valence-electron chi connectivity index (χ1n) is 9.00. The number of rotatable bonds is 8. The number of hydrogen-bond acceptors (Lipinski definition) is 4. The van der Waals surface area contributed by atoms with Crippen molar-refractivity contribution in [2.45, 2.75) is 12.8 Å². The number of aliphatic imine (C=N–C) groups is 1. The van der Waals surface area contributed by atoms with E-state index in [9.17, 15) is 0 Å². The van der Waals surface area contributed by atoms with Gasteiger partial charge in [-0.3, -0.25) is 4.99 Å². The summed E-state index contributed by atoms with van der Waals surface area (Å²) in [4.78, 5) is 9.88. The maximum absolute atomic E-state index is 5.39. The molecular weight excluding hydrogens is 354 g/mol. The average Bonchev–Trinajstić information content (AvgIpc) is 3.17. The predicted molar refractivity (Wildman–Crippen MR) is 115 cm³/mol. The highest BCUT2D eigenvalue weighted by Gasteiger charge is 2.08. The van der Waals surface area contributed by atoms with Gasteiger partial charge in [0.05, 0.1) is 4.88 Å². The van der Waals surface area contributed by atoms with Crippen molar-refractivity contribution in [2.75, 3.05) is 20.1 Å². The number of nitrogens with two attached hydrogens (primary N) is 2. The molecule has 1 heterocycles. The van der Waals surface area contributed by atoms with Crippen LogP contribution >= 0.6 is 11.3 Å². The van der Waals surface area contributed by atoms with Crippen LogP contribution in [0.15, 0.2) is 59.7 Å². The Morgan fingerprint density at radius 2 is 1.74 bits per heavy atom. The molecule has 5 nitrogen and oxygen atoms in total. The normalized spacial score (nSPS) is 10.7. The lowest BCUT2D eigenvalue weighted by Crippen LogP contribution is -2.23. The first-order chi connectivity index (χ1) is 13.2. The molecule has 0 amide bonds. The zero-order valence-electron chi connectivity index (χ0n) is 15.5. The maximum Gasteiger partial charge on any atom is 0.185 e. The third kappa shape index (κ3) is 5.39. The van der Waals surface area contributed by atoms with Crippen molar-refractivity contribution in [1.82, 2.24) is 10.3 Å². The van der Waals surface area contributed by atoms with Crippen molar-refractivity contribution in [1.29, 1.82) is 0 Å². The van der Waals surface area contributed by atoms with Crippen LogP contribution in [0.3, 0.4) is 0 Å². The zero-order chi connectivity index (χ0) is 19.1. The Morgan fingerprint density at radius 3 is 2.48 bits per heavy atom. The number of guanidine groups is 1. The molecule has 0 aliphatic heterocycles. The molecule has 0 saturated heterocycles. The van der Waals surface area contributed by atoms with Crippen LogP contribution in [-0.4, -0.2) is 31.1 Å². The second-order valence-corrected chi connectivity index (χ2v) is 7.37. The van der Waals surface area contributed by atoms with Gasteiger partial charge < -0.3 is 16.8 Å². The number of hydrogen-bond donors (Lipinski definition) is 3. The van der Waals surface area contributed by atoms with E-state index in [1.165, 1.54) is 21.6 Å². The van der Waals surface area contributed by atoms with Crippen molar-refractivity contribution >= 4 is 17.3 Å². The van der Waals surface area contributed by atoms with Crippen LogP contribution in [-0.2, 0) is 12.8 Å². The second kappa shape index (κ2) is 9.30. The minimum atomic E-state index is 0.132. The molecule has 0 radical (unpaired) electrons. The predicted octanol–water partition coefficient (Wildman–Crippen LogP) is 3.05. The van der Waals surface area contributed by atoms with Gasteiger partial charge in [-0.2, -0.15) is 0 Å². The van der Waals surface area contributed by atoms with E-state index in [1.807, 2.05) is 13.2 Å². The van der Waals surface area contributed by atoms with Crippen molar-refractivity contribution in [2.24, 2.45) is 16.5 Å². The largest absolute Gasteiger partial charge is 0.370 e. The van der Waals surface area contributed by atoms with Crippen molar-refractivity contribution in [3.8, 4) is 21.0 Å². The molecule has 5 N–H and O–H groups in total. The van der Waals surface area contributed by atoms with Gasteiger partial charge in [0.15, 0.2) is 5.96 Å². The number of likely N-dealkylation sites (N-methyl/N-ethyl adjacent to an activating group) is 1. The Hall–Kier alpha value is -2.70. The molecule has 0 aliphatic rings. The van der Waals surface area contributed by atoms with E-state index in [4.69, 9.17) is 11.5 Å². The van der Waals surface area contributed by atoms with E-state index < -0.39 is 0 Å². The smallest absolute Gasteiger partial charge is 0.185 e. The van der Waals surface area contributed by atoms with Crippen molar-refractivity contribution in [3.05, 3.63) is 65.9 Å². The highest BCUT2D eigenvalue weighted by Crippen LogP contribution is 2.32. The van der Waals surface area contributed by atoms with E-state index in [0.29, 0.717) is 6.54 Å². The van der Waals surface area contributed by atoms with Crippen LogP contribution in [0, 0.1) is 0 Å². The molecule has 0 unspecified atom stereocenters. The number of benzene rings is 2. The van der Waals surface area contributed by atoms with Gasteiger partial charge in [0, 0.05) is 18.3 Å². The minimum Gasteiger partial charge on any atom is -0.370 e. The summed E-state index contributed by atoms with van der Waals surface area (Å²) in [6.45, 7) is 1.57. The Labute approximate surface area is 164 Å². The van der Waals surface area contributed by atoms with Crippen LogP contribution in [0.4, 0.5) is 0 Å². The first kappa shape index (κ1) is 19.1. The molecule has 2 aromatic carbocycles. The fourth-order valence-corrected chi connectivity index (χ4v) is 3.77. The molecular formula is C21H25N5S. The molecule has 3 aromatic rings. The van der Waals surface area contributed by atoms with Crippen LogP contribution in [0.25, 0.3) is 21.0 Å². The topological polar surface area (TPSA) is 89.3 Å². The maximum atomic E-state index is 5.39. The molecule has 0 saturated carbocycles. The van der Waals surface area contributed by atoms with Gasteiger partial charge in [-0.25, -0.2) is 4.98 Å². The molecule has 6 heteroatoms. The van der Waals surface area contributed by atoms with E-state index >= 15 is 0 Å². The molecule has 0 bridgehead atoms. The summed E-state index contributed by atoms with van der Waals surface area (Å²) in [7, 11) is 1.98. The second-order valence-electron chi connectivity index (χ2n) is 6.34. The fraction of sp³-hybridized carbons (Fsp3) is 0.238. The van der Waals surface area contributed by atoms with E-state index in [2.05, 4.69) is 63.8 Å². The van der Waals surface area contributed by atoms with Gasteiger partial charge in [-0.1, -0.05) is 42.5 Å². The van der Waals surface area contributed by atoms with Gasteiger partial charge in [0.25, 0.3) is 0 Å². The van der Waals surface area contributed by atoms with Gasteiger partial charge >= 0.3 is 0 Å². The van der Waals surface area contributed by atoms with Crippen molar-refractivity contribution < 1.29 is 0 Å². The number of aromatic nitrogens is 1. The number of nitrogens with zero attached hydrogens (tertiary/aromatic N) is 2. The molecule has 140 valence electrons. The summed E-state index contributed by atoms with van der Waals surface area (Å²) < 4.78 is 0. The first-order valence-corrected chi connectivity index (χ1v) is 9.82. The number of nitrogens with one attached hydrogen (secondary N) is 1. The number of thiazole rings is 1. The highest BCUT2D eigenvalue weighted by atomic mass is 32.1. The third-order valence-corrected chi connectivity index (χ3v) is 5.35. The SMILES string of the molecule is CNCCc1cccc(-c2cnc(-c3cccc(CCN=C(N)N)c3)s2)c1. The van der Waals surface area contributed by atoms with E-state index in [-0.39, 0.29) is 5.96 Å². The van der Waals surface area contributed by atoms with Gasteiger partial charge in [-0.05, 0) is 49.2 Å². The molecule has 0 aliphatic carbocycles. The quantitative estimate of drug-likeness (QED) is 0.414. The standard InChI is InChI=1S/C21H25N5S/c1-24-10-8-15-4-2-6-17(12-15)19-14-26-20(27-19)18-7-3-5-16(13-18)9-11-25-21(22)23/h2-7,12-14,24H,8-11H2,1H3,(H4,22,23,25). The summed E-state index contributed by atoms with van der Waals surface area (Å²) in [6, 6.07) is 17.1. The van der Waals surface area contributed by atoms with Crippen molar-refractivity contribution in [3.63, 3.8) is 0 Å². The summed E-state index contributed by atoms with van der Waals surface area (Å²) in [6.07, 6.45) is 3.79. The van der Waals surface area contributed by atoms with Crippen LogP contribution in [0.5, 0.6) is 0 Å². The summed E-state index contributed by atoms with van der Waals surface area (Å²) in [5.74, 6) is 0.132. The van der Waals surface area contributed by atoms with Crippen LogP contribution < -0.4 is 16.8 Å². The molecule has 1 aromatic heterocycles. The fourth-order valence-electron chi connectivity index (χ4n) is 2.86. The lowest BCUT2D eigenvalue weighted by atomic mass is 10.1.